The SMILES string of the molecule is COc1ccc(C2c3cccn3-c3sc4c(c3CN2C(=O)Nc2cccc(C)c2)CCN(C)C4)cc1. The van der Waals surface area contributed by atoms with E-state index in [9.17, 15) is 4.79 Å². The summed E-state index contributed by atoms with van der Waals surface area (Å²) in [7, 11) is 3.85. The maximum Gasteiger partial charge on any atom is 0.322 e. The molecular weight excluding hydrogens is 468 g/mol. The van der Waals surface area contributed by atoms with E-state index in [4.69, 9.17) is 4.74 Å². The Balaban J connectivity index is 1.48. The van der Waals surface area contributed by atoms with Gasteiger partial charge in [0.2, 0.25) is 0 Å². The number of carbonyl (C=O) groups excluding carboxylic acids is 1. The summed E-state index contributed by atoms with van der Waals surface area (Å²) < 4.78 is 7.71. The van der Waals surface area contributed by atoms with Crippen LogP contribution in [0.5, 0.6) is 5.75 Å². The number of fused-ring (bicyclic) bond motifs is 5. The quantitative estimate of drug-likeness (QED) is 0.378. The van der Waals surface area contributed by atoms with Gasteiger partial charge in [-0.25, -0.2) is 4.79 Å². The van der Waals surface area contributed by atoms with E-state index in [1.165, 1.54) is 21.0 Å². The van der Waals surface area contributed by atoms with Crippen molar-refractivity contribution in [3.05, 3.63) is 99.7 Å². The number of carbonyl (C=O) groups is 1. The largest absolute Gasteiger partial charge is 0.497 e. The van der Waals surface area contributed by atoms with Gasteiger partial charge in [-0.15, -0.1) is 11.3 Å². The number of amides is 2. The molecule has 0 spiro atoms. The zero-order valence-electron chi connectivity index (χ0n) is 20.8. The second kappa shape index (κ2) is 9.15. The number of ether oxygens (including phenoxy) is 1. The Hall–Kier alpha value is -3.55. The van der Waals surface area contributed by atoms with Crippen molar-refractivity contribution in [2.75, 3.05) is 26.0 Å². The van der Waals surface area contributed by atoms with Gasteiger partial charge in [0.1, 0.15) is 10.8 Å². The topological polar surface area (TPSA) is 49.7 Å². The minimum absolute atomic E-state index is 0.102. The number of aryl methyl sites for hydroxylation is 1. The predicted octanol–water partition coefficient (Wildman–Crippen LogP) is 5.98. The van der Waals surface area contributed by atoms with Crippen LogP contribution in [0.2, 0.25) is 0 Å². The number of likely N-dealkylation sites (N-methyl/N-ethyl adjacent to an activating group) is 1. The van der Waals surface area contributed by atoms with E-state index in [1.807, 2.05) is 59.6 Å². The van der Waals surface area contributed by atoms with Crippen LogP contribution in [-0.2, 0) is 19.5 Å². The van der Waals surface area contributed by atoms with Crippen LogP contribution in [0, 0.1) is 6.92 Å². The van der Waals surface area contributed by atoms with Crippen molar-refractivity contribution in [3.63, 3.8) is 0 Å². The molecule has 184 valence electrons. The fourth-order valence-corrected chi connectivity index (χ4v) is 6.85. The molecule has 4 heterocycles. The average Bonchev–Trinajstić information content (AvgIpc) is 3.45. The number of methoxy groups -OCH3 is 1. The highest BCUT2D eigenvalue weighted by Crippen LogP contribution is 2.43. The standard InChI is InChI=1S/C29H30N4O2S/c1-19-6-4-7-21(16-19)30-29(34)33-17-24-23-13-15-31(2)18-26(23)36-28(24)32-14-5-8-25(32)27(33)20-9-11-22(35-3)12-10-20/h4-12,14,16,27H,13,15,17-18H2,1-3H3,(H,30,34). The van der Waals surface area contributed by atoms with Gasteiger partial charge >= 0.3 is 6.03 Å². The van der Waals surface area contributed by atoms with E-state index < -0.39 is 0 Å². The zero-order valence-corrected chi connectivity index (χ0v) is 21.6. The molecule has 2 aromatic carbocycles. The summed E-state index contributed by atoms with van der Waals surface area (Å²) in [5.41, 5.74) is 6.75. The van der Waals surface area contributed by atoms with Crippen LogP contribution in [0.25, 0.3) is 5.00 Å². The Morgan fingerprint density at radius 1 is 1.06 bits per heavy atom. The minimum Gasteiger partial charge on any atom is -0.497 e. The maximum absolute atomic E-state index is 14.0. The monoisotopic (exact) mass is 498 g/mol. The van der Waals surface area contributed by atoms with Crippen LogP contribution in [0.15, 0.2) is 66.9 Å². The Morgan fingerprint density at radius 3 is 2.67 bits per heavy atom. The van der Waals surface area contributed by atoms with E-state index in [0.29, 0.717) is 6.54 Å². The number of nitrogens with zero attached hydrogens (tertiary/aromatic N) is 3. The van der Waals surface area contributed by atoms with Crippen molar-refractivity contribution in [3.8, 4) is 10.8 Å². The summed E-state index contributed by atoms with van der Waals surface area (Å²) in [5, 5.41) is 4.42. The third-order valence-corrected chi connectivity index (χ3v) is 8.48. The normalized spacial score (nSPS) is 17.1. The number of benzene rings is 2. The lowest BCUT2D eigenvalue weighted by Gasteiger charge is -2.32. The van der Waals surface area contributed by atoms with Crippen LogP contribution in [0.4, 0.5) is 10.5 Å². The number of rotatable bonds is 3. The summed E-state index contributed by atoms with van der Waals surface area (Å²) in [6, 6.07) is 19.9. The van der Waals surface area contributed by atoms with Gasteiger partial charge in [-0.1, -0.05) is 24.3 Å². The van der Waals surface area contributed by atoms with Gasteiger partial charge in [-0.2, -0.15) is 0 Å². The van der Waals surface area contributed by atoms with E-state index >= 15 is 0 Å². The molecule has 2 aliphatic heterocycles. The molecule has 4 aromatic rings. The molecule has 2 aliphatic rings. The van der Waals surface area contributed by atoms with E-state index in [0.717, 1.165) is 47.8 Å². The Labute approximate surface area is 215 Å². The Bertz CT molecular complexity index is 1420. The first kappa shape index (κ1) is 22.9. The fraction of sp³-hybridized carbons (Fsp3) is 0.276. The lowest BCUT2D eigenvalue weighted by Crippen LogP contribution is -2.38. The van der Waals surface area contributed by atoms with Crippen molar-refractivity contribution < 1.29 is 9.53 Å². The van der Waals surface area contributed by atoms with Crippen LogP contribution in [0.3, 0.4) is 0 Å². The molecule has 1 atom stereocenters. The number of nitrogens with one attached hydrogen (secondary N) is 1. The number of thiophene rings is 1. The van der Waals surface area contributed by atoms with E-state index in [-0.39, 0.29) is 12.1 Å². The first-order valence-electron chi connectivity index (χ1n) is 12.3. The number of urea groups is 1. The van der Waals surface area contributed by atoms with E-state index in [1.54, 1.807) is 7.11 Å². The zero-order chi connectivity index (χ0) is 24.8. The maximum atomic E-state index is 14.0. The first-order chi connectivity index (χ1) is 17.5. The molecule has 1 N–H and O–H groups in total. The van der Waals surface area contributed by atoms with Crippen molar-refractivity contribution in [2.45, 2.75) is 32.5 Å². The van der Waals surface area contributed by atoms with Gasteiger partial charge in [0.05, 0.1) is 25.4 Å². The van der Waals surface area contributed by atoms with Crippen LogP contribution < -0.4 is 10.1 Å². The molecule has 1 unspecified atom stereocenters. The lowest BCUT2D eigenvalue weighted by atomic mass is 10.00. The van der Waals surface area contributed by atoms with Gasteiger partial charge in [0, 0.05) is 35.4 Å². The van der Waals surface area contributed by atoms with Gasteiger partial charge in [0.15, 0.2) is 0 Å². The molecule has 6 rings (SSSR count). The van der Waals surface area contributed by atoms with Gasteiger partial charge in [-0.05, 0) is 73.5 Å². The minimum atomic E-state index is -0.239. The Kier molecular flexibility index (Phi) is 5.82. The lowest BCUT2D eigenvalue weighted by molar-refractivity contribution is 0.194. The van der Waals surface area contributed by atoms with Gasteiger partial charge < -0.3 is 24.4 Å². The third-order valence-electron chi connectivity index (χ3n) is 7.22. The molecule has 0 fully saturated rings. The highest BCUT2D eigenvalue weighted by Gasteiger charge is 2.36. The molecule has 0 bridgehead atoms. The summed E-state index contributed by atoms with van der Waals surface area (Å²) in [4.78, 5) is 19.8. The number of anilines is 1. The van der Waals surface area contributed by atoms with Crippen molar-refractivity contribution in [1.82, 2.24) is 14.4 Å². The average molecular weight is 499 g/mol. The second-order valence-corrected chi connectivity index (χ2v) is 10.8. The highest BCUT2D eigenvalue weighted by molar-refractivity contribution is 7.15. The second-order valence-electron chi connectivity index (χ2n) is 9.68. The molecule has 2 amide bonds. The Morgan fingerprint density at radius 2 is 1.89 bits per heavy atom. The highest BCUT2D eigenvalue weighted by atomic mass is 32.1. The van der Waals surface area contributed by atoms with Gasteiger partial charge in [-0.3, -0.25) is 0 Å². The number of hydrogen-bond donors (Lipinski definition) is 1. The van der Waals surface area contributed by atoms with Crippen LogP contribution in [-0.4, -0.2) is 41.1 Å². The fourth-order valence-electron chi connectivity index (χ4n) is 5.41. The predicted molar refractivity (Wildman–Crippen MR) is 144 cm³/mol. The summed E-state index contributed by atoms with van der Waals surface area (Å²) in [6.45, 7) is 4.59. The molecule has 0 saturated heterocycles. The number of hydrogen-bond acceptors (Lipinski definition) is 4. The van der Waals surface area contributed by atoms with Crippen LogP contribution in [0.1, 0.15) is 38.9 Å². The summed E-state index contributed by atoms with van der Waals surface area (Å²) >= 11 is 1.87. The smallest absolute Gasteiger partial charge is 0.322 e. The van der Waals surface area contributed by atoms with Crippen molar-refractivity contribution in [1.29, 1.82) is 0 Å². The molecule has 36 heavy (non-hydrogen) atoms. The molecule has 0 saturated carbocycles. The molecular formula is C29H30N4O2S. The third kappa shape index (κ3) is 3.98. The van der Waals surface area contributed by atoms with E-state index in [2.05, 4.69) is 52.3 Å². The molecule has 7 heteroatoms. The molecule has 0 radical (unpaired) electrons. The molecule has 0 aliphatic carbocycles. The van der Waals surface area contributed by atoms with Crippen molar-refractivity contribution >= 4 is 23.1 Å². The number of aromatic nitrogens is 1. The van der Waals surface area contributed by atoms with Gasteiger partial charge in [0.25, 0.3) is 0 Å². The van der Waals surface area contributed by atoms with Crippen molar-refractivity contribution in [2.24, 2.45) is 0 Å². The molecule has 6 nitrogen and oxygen atoms in total. The van der Waals surface area contributed by atoms with Crippen LogP contribution >= 0.6 is 11.3 Å². The molecule has 2 aromatic heterocycles. The summed E-state index contributed by atoms with van der Waals surface area (Å²) in [5.74, 6) is 0.802. The first-order valence-corrected chi connectivity index (χ1v) is 13.1. The summed E-state index contributed by atoms with van der Waals surface area (Å²) in [6.07, 6.45) is 3.15.